The molecule has 0 amide bonds. The van der Waals surface area contributed by atoms with Crippen LogP contribution in [0.1, 0.15) is 53.4 Å². The van der Waals surface area contributed by atoms with Gasteiger partial charge in [0.05, 0.1) is 12.6 Å². The van der Waals surface area contributed by atoms with Gasteiger partial charge < -0.3 is 28.6 Å². The number of likely N-dealkylation sites (N-methyl/N-ethyl adjacent to an activating group) is 2. The Bertz CT molecular complexity index is 952. The highest BCUT2D eigenvalue weighted by molar-refractivity contribution is 5.99. The molecule has 0 aliphatic carbocycles. The lowest BCUT2D eigenvalue weighted by Gasteiger charge is -2.55. The van der Waals surface area contributed by atoms with Gasteiger partial charge in [0, 0.05) is 38.1 Å². The monoisotopic (exact) mass is 617 g/mol. The average molecular weight is 618 g/mol. The molecule has 10 nitrogen and oxygen atoms in total. The smallest absolute Gasteiger partial charge is 0.316 e. The van der Waals surface area contributed by atoms with Crippen molar-refractivity contribution >= 4 is 11.8 Å². The molecule has 12 heteroatoms. The SMILES string of the molecule is CO[C@]12C[C@@H](C)CN(C)C(C3CCN(CC(F)F)CC3)COC(=O)[C@H](C)C(=O)[C@H](C)[C@H]1O[C@@H]1O[C@H](C)C[C@H](N(C)C)[C@H]1O2. The molecule has 4 aliphatic heterocycles. The topological polar surface area (TPSA) is 90.0 Å². The Kier molecular flexibility index (Phi) is 11.6. The van der Waals surface area contributed by atoms with E-state index in [4.69, 9.17) is 23.7 Å². The highest BCUT2D eigenvalue weighted by Gasteiger charge is 2.58. The first kappa shape index (κ1) is 34.6. The van der Waals surface area contributed by atoms with Crippen molar-refractivity contribution in [2.45, 2.75) is 102 Å². The van der Waals surface area contributed by atoms with Crippen LogP contribution in [0.5, 0.6) is 0 Å². The highest BCUT2D eigenvalue weighted by atomic mass is 19.3. The number of ether oxygens (including phenoxy) is 5. The van der Waals surface area contributed by atoms with Gasteiger partial charge in [0.15, 0.2) is 17.9 Å². The normalized spacial score (nSPS) is 41.6. The van der Waals surface area contributed by atoms with E-state index in [0.717, 1.165) is 19.3 Å². The molecule has 43 heavy (non-hydrogen) atoms. The van der Waals surface area contributed by atoms with Crippen LogP contribution in [-0.4, -0.2) is 136 Å². The molecule has 4 rings (SSSR count). The molecule has 0 aromatic rings. The number of piperidine rings is 1. The van der Waals surface area contributed by atoms with Crippen LogP contribution >= 0.6 is 0 Å². The van der Waals surface area contributed by atoms with Gasteiger partial charge in [0.1, 0.15) is 24.7 Å². The van der Waals surface area contributed by atoms with Crippen molar-refractivity contribution in [1.29, 1.82) is 0 Å². The Hall–Kier alpha value is -1.28. The lowest BCUT2D eigenvalue weighted by Crippen LogP contribution is -2.68. The maximum Gasteiger partial charge on any atom is 0.316 e. The van der Waals surface area contributed by atoms with Crippen molar-refractivity contribution in [3.63, 3.8) is 0 Å². The average Bonchev–Trinajstić information content (AvgIpc) is 2.95. The third kappa shape index (κ3) is 7.76. The quantitative estimate of drug-likeness (QED) is 0.339. The predicted octanol–water partition coefficient (Wildman–Crippen LogP) is 2.88. The van der Waals surface area contributed by atoms with Crippen LogP contribution in [0, 0.1) is 23.7 Å². The molecule has 0 spiro atoms. The fraction of sp³-hybridized carbons (Fsp3) is 0.935. The second-order valence-corrected chi connectivity index (χ2v) is 13.6. The molecule has 0 bridgehead atoms. The van der Waals surface area contributed by atoms with E-state index in [1.54, 1.807) is 25.9 Å². The first-order valence-electron chi connectivity index (χ1n) is 15.9. The van der Waals surface area contributed by atoms with Gasteiger partial charge in [-0.05, 0) is 79.2 Å². The van der Waals surface area contributed by atoms with Crippen LogP contribution in [0.2, 0.25) is 0 Å². The summed E-state index contributed by atoms with van der Waals surface area (Å²) in [6, 6.07) is -0.0985. The van der Waals surface area contributed by atoms with Crippen molar-refractivity contribution in [3.8, 4) is 0 Å². The van der Waals surface area contributed by atoms with E-state index in [2.05, 4.69) is 16.7 Å². The number of Topliss-reactive ketones (excluding diaryl/α,β-unsaturated/α-hetero) is 1. The van der Waals surface area contributed by atoms with Crippen LogP contribution in [0.4, 0.5) is 8.78 Å². The molecule has 4 aliphatic rings. The van der Waals surface area contributed by atoms with E-state index in [0.29, 0.717) is 26.1 Å². The highest BCUT2D eigenvalue weighted by Crippen LogP contribution is 2.44. The molecule has 0 saturated carbocycles. The second kappa shape index (κ2) is 14.4. The Balaban J connectivity index is 1.62. The molecule has 10 atom stereocenters. The predicted molar refractivity (Wildman–Crippen MR) is 156 cm³/mol. The first-order chi connectivity index (χ1) is 20.3. The number of carbonyl (C=O) groups is 2. The van der Waals surface area contributed by atoms with E-state index in [1.165, 1.54) is 0 Å². The zero-order chi connectivity index (χ0) is 31.6. The first-order valence-corrected chi connectivity index (χ1v) is 15.9. The molecule has 0 N–H and O–H groups in total. The summed E-state index contributed by atoms with van der Waals surface area (Å²) in [5, 5.41) is 0. The van der Waals surface area contributed by atoms with Gasteiger partial charge in [0.25, 0.3) is 6.43 Å². The molecule has 1 unspecified atom stereocenters. The van der Waals surface area contributed by atoms with Crippen molar-refractivity contribution < 1.29 is 42.1 Å². The van der Waals surface area contributed by atoms with E-state index < -0.39 is 48.5 Å². The van der Waals surface area contributed by atoms with Crippen LogP contribution in [0.25, 0.3) is 0 Å². The standard InChI is InChI=1S/C31H53F2N3O7/c1-18-14-31(39-8)28(42-30-27(43-31)23(34(5)6)13-19(2)41-30)20(3)26(37)21(4)29(38)40-17-24(35(7)15-18)22-9-11-36(12-10-22)16-25(32)33/h18-25,27-28,30H,9-17H2,1-8H3/t18-,19-,20+,21-,23+,24?,27-,28-,30+,31+/m1/s1. The van der Waals surface area contributed by atoms with E-state index in [9.17, 15) is 18.4 Å². The van der Waals surface area contributed by atoms with Crippen LogP contribution < -0.4 is 0 Å². The Morgan fingerprint density at radius 2 is 1.77 bits per heavy atom. The van der Waals surface area contributed by atoms with Gasteiger partial charge >= 0.3 is 5.97 Å². The molecular formula is C31H53F2N3O7. The number of cyclic esters (lactones) is 1. The number of methoxy groups -OCH3 is 1. The van der Waals surface area contributed by atoms with Gasteiger partial charge in [-0.1, -0.05) is 13.8 Å². The van der Waals surface area contributed by atoms with Gasteiger partial charge in [-0.2, -0.15) is 0 Å². The van der Waals surface area contributed by atoms with Gasteiger partial charge in [-0.15, -0.1) is 0 Å². The van der Waals surface area contributed by atoms with Crippen molar-refractivity contribution in [1.82, 2.24) is 14.7 Å². The Morgan fingerprint density at radius 3 is 2.37 bits per heavy atom. The largest absolute Gasteiger partial charge is 0.463 e. The van der Waals surface area contributed by atoms with Crippen molar-refractivity contribution in [2.75, 3.05) is 61.0 Å². The zero-order valence-electron chi connectivity index (χ0n) is 27.2. The summed E-state index contributed by atoms with van der Waals surface area (Å²) in [6.07, 6.45) is -1.67. The minimum atomic E-state index is -2.36. The summed E-state index contributed by atoms with van der Waals surface area (Å²) in [7, 11) is 7.62. The summed E-state index contributed by atoms with van der Waals surface area (Å²) in [5.74, 6) is -3.66. The van der Waals surface area contributed by atoms with Gasteiger partial charge in [0.2, 0.25) is 0 Å². The summed E-state index contributed by atoms with van der Waals surface area (Å²) in [6.45, 7) is 9.18. The van der Waals surface area contributed by atoms with Crippen molar-refractivity contribution in [3.05, 3.63) is 0 Å². The number of hydrogen-bond acceptors (Lipinski definition) is 10. The molecule has 248 valence electrons. The number of esters is 1. The van der Waals surface area contributed by atoms with E-state index >= 15 is 0 Å². The zero-order valence-corrected chi connectivity index (χ0v) is 27.2. The van der Waals surface area contributed by atoms with Gasteiger partial charge in [-0.3, -0.25) is 19.4 Å². The summed E-state index contributed by atoms with van der Waals surface area (Å²) in [4.78, 5) is 33.2. The molecule has 4 fully saturated rings. The number of ketones is 1. The fourth-order valence-corrected chi connectivity index (χ4v) is 7.69. The number of halogens is 2. The number of carbonyl (C=O) groups excluding carboxylic acids is 2. The van der Waals surface area contributed by atoms with Crippen molar-refractivity contribution in [2.24, 2.45) is 23.7 Å². The fourth-order valence-electron chi connectivity index (χ4n) is 7.69. The molecule has 0 aromatic carbocycles. The molecule has 4 saturated heterocycles. The molecular weight excluding hydrogens is 564 g/mol. The minimum Gasteiger partial charge on any atom is -0.463 e. The summed E-state index contributed by atoms with van der Waals surface area (Å²) >= 11 is 0. The van der Waals surface area contributed by atoms with E-state index in [1.807, 2.05) is 28.1 Å². The number of nitrogens with zero attached hydrogens (tertiary/aromatic N) is 3. The number of rotatable bonds is 5. The maximum atomic E-state index is 13.8. The van der Waals surface area contributed by atoms with Crippen LogP contribution in [0.15, 0.2) is 0 Å². The summed E-state index contributed by atoms with van der Waals surface area (Å²) in [5.41, 5.74) is 0. The molecule has 4 heterocycles. The number of likely N-dealkylation sites (tertiary alicyclic amines) is 1. The van der Waals surface area contributed by atoms with E-state index in [-0.39, 0.29) is 49.0 Å². The lowest BCUT2D eigenvalue weighted by molar-refractivity contribution is -0.424. The van der Waals surface area contributed by atoms with Crippen LogP contribution in [-0.2, 0) is 33.3 Å². The number of fused-ring (bicyclic) bond motifs is 2. The lowest BCUT2D eigenvalue weighted by atomic mass is 9.82. The van der Waals surface area contributed by atoms with Crippen LogP contribution in [0.3, 0.4) is 0 Å². The number of alkyl halides is 2. The molecule has 0 aromatic heterocycles. The third-order valence-corrected chi connectivity index (χ3v) is 10.1. The minimum absolute atomic E-state index is 0.0181. The second-order valence-electron chi connectivity index (χ2n) is 13.6. The summed E-state index contributed by atoms with van der Waals surface area (Å²) < 4.78 is 57.7. The number of hydrogen-bond donors (Lipinski definition) is 0. The van der Waals surface area contributed by atoms with Gasteiger partial charge in [-0.25, -0.2) is 8.78 Å². The third-order valence-electron chi connectivity index (χ3n) is 10.1. The Labute approximate surface area is 255 Å². The molecule has 0 radical (unpaired) electrons. The Morgan fingerprint density at radius 1 is 1.09 bits per heavy atom. The maximum absolute atomic E-state index is 13.8.